The summed E-state index contributed by atoms with van der Waals surface area (Å²) in [4.78, 5) is 17.5. The number of nitrogens with one attached hydrogen (secondary N) is 2. The molecule has 2 N–H and O–H groups in total. The quantitative estimate of drug-likeness (QED) is 0.615. The van der Waals surface area contributed by atoms with Gasteiger partial charge in [0.15, 0.2) is 5.43 Å². The number of alkyl halides is 6. The van der Waals surface area contributed by atoms with Crippen LogP contribution in [0.15, 0.2) is 41.3 Å². The number of H-pyrrole nitrogens is 1. The smallest absolute Gasteiger partial charge is 0.351 e. The van der Waals surface area contributed by atoms with E-state index in [0.717, 1.165) is 12.1 Å². The minimum atomic E-state index is -4.84. The SMILES string of the molecule is O=c1cc(C(F)(F)F)[nH]c2cc(F)cc(Nc3ccc(C(F)(F)F)cn3)c12. The highest BCUT2D eigenvalue weighted by atomic mass is 19.4. The van der Waals surface area contributed by atoms with Gasteiger partial charge in [-0.05, 0) is 24.3 Å². The number of hydrogen-bond acceptors (Lipinski definition) is 3. The van der Waals surface area contributed by atoms with Crippen molar-refractivity contribution >= 4 is 22.4 Å². The zero-order valence-corrected chi connectivity index (χ0v) is 13.0. The third-order valence-corrected chi connectivity index (χ3v) is 3.55. The maximum absolute atomic E-state index is 13.8. The molecule has 0 radical (unpaired) electrons. The van der Waals surface area contributed by atoms with E-state index in [9.17, 15) is 35.5 Å². The van der Waals surface area contributed by atoms with Crippen molar-refractivity contribution < 1.29 is 30.7 Å². The molecule has 27 heavy (non-hydrogen) atoms. The van der Waals surface area contributed by atoms with Crippen molar-refractivity contribution in [1.29, 1.82) is 0 Å². The molecule has 0 atom stereocenters. The number of benzene rings is 1. The molecule has 0 fully saturated rings. The number of fused-ring (bicyclic) bond motifs is 1. The Balaban J connectivity index is 2.08. The van der Waals surface area contributed by atoms with Gasteiger partial charge in [0.25, 0.3) is 0 Å². The summed E-state index contributed by atoms with van der Waals surface area (Å²) in [5.74, 6) is -1.12. The van der Waals surface area contributed by atoms with Crippen LogP contribution in [-0.2, 0) is 12.4 Å². The Kier molecular flexibility index (Phi) is 4.32. The van der Waals surface area contributed by atoms with E-state index in [2.05, 4.69) is 10.3 Å². The Labute approximate surface area is 145 Å². The van der Waals surface area contributed by atoms with E-state index in [0.29, 0.717) is 24.4 Å². The summed E-state index contributed by atoms with van der Waals surface area (Å²) in [6.45, 7) is 0. The van der Waals surface area contributed by atoms with Crippen LogP contribution in [-0.4, -0.2) is 9.97 Å². The first-order valence-corrected chi connectivity index (χ1v) is 7.19. The Bertz CT molecular complexity index is 1050. The number of aromatic amines is 1. The lowest BCUT2D eigenvalue weighted by Gasteiger charge is -2.12. The number of hydrogen-bond donors (Lipinski definition) is 2. The second-order valence-corrected chi connectivity index (χ2v) is 5.48. The van der Waals surface area contributed by atoms with Crippen LogP contribution in [0.1, 0.15) is 11.3 Å². The van der Waals surface area contributed by atoms with E-state index >= 15 is 0 Å². The minimum absolute atomic E-state index is 0.158. The van der Waals surface area contributed by atoms with Crippen LogP contribution in [0.3, 0.4) is 0 Å². The highest BCUT2D eigenvalue weighted by Crippen LogP contribution is 2.31. The number of pyridine rings is 2. The summed E-state index contributed by atoms with van der Waals surface area (Å²) >= 11 is 0. The second kappa shape index (κ2) is 6.25. The van der Waals surface area contributed by atoms with Crippen molar-refractivity contribution in [2.75, 3.05) is 5.32 Å². The fraction of sp³-hybridized carbons (Fsp3) is 0.125. The minimum Gasteiger partial charge on any atom is -0.351 e. The summed E-state index contributed by atoms with van der Waals surface area (Å²) in [5, 5.41) is 2.15. The van der Waals surface area contributed by atoms with E-state index in [4.69, 9.17) is 0 Å². The van der Waals surface area contributed by atoms with Crippen molar-refractivity contribution in [3.05, 3.63) is 63.8 Å². The number of nitrogens with zero attached hydrogens (tertiary/aromatic N) is 1. The van der Waals surface area contributed by atoms with Crippen LogP contribution >= 0.6 is 0 Å². The van der Waals surface area contributed by atoms with Crippen LogP contribution in [0, 0.1) is 5.82 Å². The normalized spacial score (nSPS) is 12.4. The fourth-order valence-corrected chi connectivity index (χ4v) is 2.38. The Morgan fingerprint density at radius 2 is 1.67 bits per heavy atom. The molecule has 0 aliphatic heterocycles. The Morgan fingerprint density at radius 1 is 0.963 bits per heavy atom. The highest BCUT2D eigenvalue weighted by Gasteiger charge is 2.33. The first-order chi connectivity index (χ1) is 12.4. The van der Waals surface area contributed by atoms with Crippen molar-refractivity contribution in [3.8, 4) is 0 Å². The molecular weight excluding hydrogens is 383 g/mol. The molecular formula is C16H8F7N3O. The standard InChI is InChI=1S/C16H8F7N3O/c17-8-3-9-14(11(27)5-12(25-9)16(21,22)23)10(4-8)26-13-2-1-7(6-24-13)15(18,19)20/h1-6H,(H,24,26)(H,25,27). The van der Waals surface area contributed by atoms with Gasteiger partial charge in [-0.2, -0.15) is 26.3 Å². The molecule has 0 amide bonds. The molecule has 0 spiro atoms. The average Bonchev–Trinajstić information content (AvgIpc) is 2.52. The largest absolute Gasteiger partial charge is 0.431 e. The summed E-state index contributed by atoms with van der Waals surface area (Å²) in [5.41, 5.74) is -4.10. The average molecular weight is 391 g/mol. The van der Waals surface area contributed by atoms with Crippen LogP contribution in [0.4, 0.5) is 42.2 Å². The summed E-state index contributed by atoms with van der Waals surface area (Å²) < 4.78 is 89.8. The van der Waals surface area contributed by atoms with Gasteiger partial charge < -0.3 is 10.3 Å². The predicted molar refractivity (Wildman–Crippen MR) is 82.1 cm³/mol. The Hall–Kier alpha value is -3.11. The third kappa shape index (κ3) is 3.86. The molecule has 3 aromatic rings. The molecule has 2 aromatic heterocycles. The number of rotatable bonds is 2. The third-order valence-electron chi connectivity index (χ3n) is 3.55. The first kappa shape index (κ1) is 18.7. The van der Waals surface area contributed by atoms with E-state index in [1.165, 1.54) is 0 Å². The van der Waals surface area contributed by atoms with Gasteiger partial charge in [-0.3, -0.25) is 4.79 Å². The molecule has 0 saturated heterocycles. The maximum atomic E-state index is 13.8. The van der Waals surface area contributed by atoms with Gasteiger partial charge in [-0.15, -0.1) is 0 Å². The Morgan fingerprint density at radius 3 is 2.22 bits per heavy atom. The molecule has 0 saturated carbocycles. The van der Waals surface area contributed by atoms with Crippen molar-refractivity contribution in [1.82, 2.24) is 9.97 Å². The molecule has 142 valence electrons. The molecule has 0 aliphatic carbocycles. The van der Waals surface area contributed by atoms with E-state index in [-0.39, 0.29) is 16.9 Å². The molecule has 4 nitrogen and oxygen atoms in total. The van der Waals surface area contributed by atoms with Gasteiger partial charge in [-0.1, -0.05) is 0 Å². The lowest BCUT2D eigenvalue weighted by atomic mass is 10.1. The summed E-state index contributed by atoms with van der Waals surface area (Å²) in [6, 6.07) is 3.49. The van der Waals surface area contributed by atoms with Crippen LogP contribution in [0.5, 0.6) is 0 Å². The number of aromatic nitrogens is 2. The van der Waals surface area contributed by atoms with Crippen LogP contribution < -0.4 is 10.7 Å². The van der Waals surface area contributed by atoms with Gasteiger partial charge in [0.05, 0.1) is 22.2 Å². The van der Waals surface area contributed by atoms with Gasteiger partial charge in [0.1, 0.15) is 17.3 Å². The molecule has 0 aliphatic rings. The molecule has 0 unspecified atom stereocenters. The molecule has 3 rings (SSSR count). The highest BCUT2D eigenvalue weighted by molar-refractivity contribution is 5.93. The maximum Gasteiger partial charge on any atom is 0.431 e. The summed E-state index contributed by atoms with van der Waals surface area (Å²) in [7, 11) is 0. The zero-order chi connectivity index (χ0) is 20.0. The first-order valence-electron chi connectivity index (χ1n) is 7.19. The lowest BCUT2D eigenvalue weighted by Crippen LogP contribution is -2.15. The van der Waals surface area contributed by atoms with E-state index in [1.54, 1.807) is 0 Å². The van der Waals surface area contributed by atoms with Gasteiger partial charge in [-0.25, -0.2) is 9.37 Å². The van der Waals surface area contributed by atoms with Gasteiger partial charge in [0, 0.05) is 12.3 Å². The van der Waals surface area contributed by atoms with E-state index in [1.807, 2.05) is 4.98 Å². The van der Waals surface area contributed by atoms with Crippen molar-refractivity contribution in [2.45, 2.75) is 12.4 Å². The van der Waals surface area contributed by atoms with Crippen molar-refractivity contribution in [3.63, 3.8) is 0 Å². The van der Waals surface area contributed by atoms with Gasteiger partial charge >= 0.3 is 12.4 Å². The second-order valence-electron chi connectivity index (χ2n) is 5.48. The van der Waals surface area contributed by atoms with Gasteiger partial charge in [0.2, 0.25) is 0 Å². The van der Waals surface area contributed by atoms with Crippen LogP contribution in [0.2, 0.25) is 0 Å². The molecule has 11 heteroatoms. The topological polar surface area (TPSA) is 57.8 Å². The lowest BCUT2D eigenvalue weighted by molar-refractivity contribution is -0.141. The summed E-state index contributed by atoms with van der Waals surface area (Å²) in [6.07, 6.45) is -8.93. The zero-order valence-electron chi connectivity index (χ0n) is 13.0. The fourth-order valence-electron chi connectivity index (χ4n) is 2.38. The number of anilines is 2. The van der Waals surface area contributed by atoms with Crippen LogP contribution in [0.25, 0.3) is 10.9 Å². The van der Waals surface area contributed by atoms with E-state index < -0.39 is 40.4 Å². The molecule has 0 bridgehead atoms. The number of halogens is 7. The van der Waals surface area contributed by atoms with Crippen molar-refractivity contribution in [2.24, 2.45) is 0 Å². The monoisotopic (exact) mass is 391 g/mol. The molecule has 2 heterocycles. The molecule has 1 aromatic carbocycles. The predicted octanol–water partition coefficient (Wildman–Crippen LogP) is 4.84.